The predicted molar refractivity (Wildman–Crippen MR) is 119 cm³/mol. The van der Waals surface area contributed by atoms with Crippen LogP contribution < -0.4 is 10.6 Å². The lowest BCUT2D eigenvalue weighted by Gasteiger charge is -2.25. The summed E-state index contributed by atoms with van der Waals surface area (Å²) in [6, 6.07) is 3.38. The Kier molecular flexibility index (Phi) is 6.56. The number of urea groups is 1. The number of rotatable bonds is 7. The Bertz CT molecular complexity index is 1020. The topological polar surface area (TPSA) is 108 Å². The van der Waals surface area contributed by atoms with E-state index in [-0.39, 0.29) is 6.03 Å². The van der Waals surface area contributed by atoms with Gasteiger partial charge >= 0.3 is 6.03 Å². The standard InChI is InChI=1S/C18H23BrN6O3S2/c19-13-12-22-17(20-6-10-24-11-7-21-18(24)26)23-16(13)14-4-5-15(29-14)30(27,28)25-8-2-1-3-9-25/h4-5,12H,1-3,6-11H2,(H,21,26)(H,20,22,23). The summed E-state index contributed by atoms with van der Waals surface area (Å²) in [5.41, 5.74) is 0.636. The van der Waals surface area contributed by atoms with Crippen LogP contribution in [0.2, 0.25) is 0 Å². The van der Waals surface area contributed by atoms with Gasteiger partial charge in [0.05, 0.1) is 9.35 Å². The Morgan fingerprint density at radius 2 is 2.00 bits per heavy atom. The van der Waals surface area contributed by atoms with Gasteiger partial charge in [-0.15, -0.1) is 11.3 Å². The number of halogens is 1. The summed E-state index contributed by atoms with van der Waals surface area (Å²) in [4.78, 5) is 22.9. The Morgan fingerprint density at radius 1 is 1.20 bits per heavy atom. The summed E-state index contributed by atoms with van der Waals surface area (Å²) < 4.78 is 28.4. The third-order valence-corrected chi connectivity index (χ3v) is 9.12. The zero-order valence-corrected chi connectivity index (χ0v) is 19.5. The van der Waals surface area contributed by atoms with Crippen molar-refractivity contribution in [3.8, 4) is 10.6 Å². The highest BCUT2D eigenvalue weighted by Crippen LogP contribution is 2.35. The van der Waals surface area contributed by atoms with Crippen LogP contribution in [0.4, 0.5) is 10.7 Å². The van der Waals surface area contributed by atoms with E-state index < -0.39 is 10.0 Å². The molecule has 4 heterocycles. The third kappa shape index (κ3) is 4.61. The van der Waals surface area contributed by atoms with Crippen LogP contribution in [0.15, 0.2) is 27.0 Å². The van der Waals surface area contributed by atoms with E-state index in [0.717, 1.165) is 24.1 Å². The maximum Gasteiger partial charge on any atom is 0.317 e. The van der Waals surface area contributed by atoms with Crippen molar-refractivity contribution in [3.63, 3.8) is 0 Å². The molecule has 2 aromatic heterocycles. The number of anilines is 1. The van der Waals surface area contributed by atoms with Crippen LogP contribution in [0, 0.1) is 0 Å². The fraction of sp³-hybridized carbons (Fsp3) is 0.500. The van der Waals surface area contributed by atoms with Crippen LogP contribution in [-0.2, 0) is 10.0 Å². The molecule has 4 rings (SSSR count). The first-order valence-corrected chi connectivity index (χ1v) is 12.9. The monoisotopic (exact) mass is 514 g/mol. The third-order valence-electron chi connectivity index (χ3n) is 5.08. The Balaban J connectivity index is 1.47. The molecule has 2 aromatic rings. The van der Waals surface area contributed by atoms with Crippen molar-refractivity contribution in [1.82, 2.24) is 24.5 Å². The molecule has 12 heteroatoms. The van der Waals surface area contributed by atoms with Crippen LogP contribution >= 0.6 is 27.3 Å². The largest absolute Gasteiger partial charge is 0.352 e. The first-order chi connectivity index (χ1) is 14.4. The Labute approximate surface area is 188 Å². The lowest BCUT2D eigenvalue weighted by atomic mass is 10.2. The predicted octanol–water partition coefficient (Wildman–Crippen LogP) is 2.58. The van der Waals surface area contributed by atoms with Gasteiger partial charge in [-0.25, -0.2) is 23.2 Å². The molecule has 162 valence electrons. The molecule has 9 nitrogen and oxygen atoms in total. The molecular weight excluding hydrogens is 492 g/mol. The second kappa shape index (κ2) is 9.16. The highest BCUT2D eigenvalue weighted by atomic mass is 79.9. The molecule has 0 aromatic carbocycles. The van der Waals surface area contributed by atoms with Gasteiger partial charge in [0.2, 0.25) is 5.95 Å². The number of nitrogens with one attached hydrogen (secondary N) is 2. The summed E-state index contributed by atoms with van der Waals surface area (Å²) in [5, 5.41) is 5.90. The molecule has 2 aliphatic rings. The average molecular weight is 515 g/mol. The van der Waals surface area contributed by atoms with Crippen molar-refractivity contribution in [2.24, 2.45) is 0 Å². The van der Waals surface area contributed by atoms with Gasteiger partial charge in [0.1, 0.15) is 9.90 Å². The Hall–Kier alpha value is -1.76. The number of piperidine rings is 1. The molecule has 30 heavy (non-hydrogen) atoms. The maximum absolute atomic E-state index is 12.9. The fourth-order valence-corrected chi connectivity index (χ4v) is 6.99. The van der Waals surface area contributed by atoms with Crippen molar-refractivity contribution in [2.45, 2.75) is 23.5 Å². The summed E-state index contributed by atoms with van der Waals surface area (Å²) in [6.07, 6.45) is 4.53. The zero-order valence-electron chi connectivity index (χ0n) is 16.3. The molecule has 0 spiro atoms. The molecule has 2 saturated heterocycles. The van der Waals surface area contributed by atoms with Crippen LogP contribution in [0.3, 0.4) is 0 Å². The second-order valence-corrected chi connectivity index (χ2v) is 11.2. The smallest absolute Gasteiger partial charge is 0.317 e. The highest BCUT2D eigenvalue weighted by molar-refractivity contribution is 9.10. The van der Waals surface area contributed by atoms with Gasteiger partial charge in [0, 0.05) is 45.5 Å². The number of amides is 2. The van der Waals surface area contributed by atoms with E-state index in [0.29, 0.717) is 59.6 Å². The van der Waals surface area contributed by atoms with Crippen molar-refractivity contribution in [3.05, 3.63) is 22.8 Å². The van der Waals surface area contributed by atoms with Gasteiger partial charge in [-0.05, 0) is 40.9 Å². The number of carbonyl (C=O) groups excluding carboxylic acids is 1. The first-order valence-electron chi connectivity index (χ1n) is 9.85. The molecule has 0 aliphatic carbocycles. The lowest BCUT2D eigenvalue weighted by Crippen LogP contribution is -2.35. The van der Waals surface area contributed by atoms with Crippen molar-refractivity contribution in [2.75, 3.05) is 44.6 Å². The second-order valence-electron chi connectivity index (χ2n) is 7.12. The van der Waals surface area contributed by atoms with Crippen LogP contribution in [0.1, 0.15) is 19.3 Å². The molecule has 0 unspecified atom stereocenters. The molecule has 0 saturated carbocycles. The van der Waals surface area contributed by atoms with Gasteiger partial charge in [-0.1, -0.05) is 6.42 Å². The molecule has 0 radical (unpaired) electrons. The van der Waals surface area contributed by atoms with Crippen LogP contribution in [-0.4, -0.2) is 72.9 Å². The van der Waals surface area contributed by atoms with Gasteiger partial charge in [0.15, 0.2) is 0 Å². The Morgan fingerprint density at radius 3 is 2.73 bits per heavy atom. The number of sulfonamides is 1. The number of aromatic nitrogens is 2. The minimum Gasteiger partial charge on any atom is -0.352 e. The molecule has 2 amide bonds. The summed E-state index contributed by atoms with van der Waals surface area (Å²) in [7, 11) is -3.47. The molecule has 0 bridgehead atoms. The van der Waals surface area contributed by atoms with Crippen molar-refractivity contribution < 1.29 is 13.2 Å². The zero-order chi connectivity index (χ0) is 21.1. The minimum atomic E-state index is -3.47. The van der Waals surface area contributed by atoms with Crippen molar-refractivity contribution >= 4 is 49.3 Å². The molecule has 0 atom stereocenters. The van der Waals surface area contributed by atoms with E-state index in [1.165, 1.54) is 11.3 Å². The first kappa shape index (κ1) is 21.5. The number of hydrogen-bond acceptors (Lipinski definition) is 7. The van der Waals surface area contributed by atoms with E-state index in [1.54, 1.807) is 27.5 Å². The van der Waals surface area contributed by atoms with Gasteiger partial charge in [-0.3, -0.25) is 0 Å². The van der Waals surface area contributed by atoms with Gasteiger partial charge in [0.25, 0.3) is 10.0 Å². The van der Waals surface area contributed by atoms with E-state index >= 15 is 0 Å². The normalized spacial score (nSPS) is 17.9. The minimum absolute atomic E-state index is 0.0600. The lowest BCUT2D eigenvalue weighted by molar-refractivity contribution is 0.219. The summed E-state index contributed by atoms with van der Waals surface area (Å²) >= 11 is 4.68. The van der Waals surface area contributed by atoms with Gasteiger partial charge in [-0.2, -0.15) is 4.31 Å². The summed E-state index contributed by atoms with van der Waals surface area (Å²) in [6.45, 7) is 3.59. The van der Waals surface area contributed by atoms with Crippen LogP contribution in [0.5, 0.6) is 0 Å². The molecule has 2 aliphatic heterocycles. The molecule has 2 N–H and O–H groups in total. The van der Waals surface area contributed by atoms with E-state index in [4.69, 9.17) is 0 Å². The van der Waals surface area contributed by atoms with Gasteiger partial charge < -0.3 is 15.5 Å². The van der Waals surface area contributed by atoms with Crippen molar-refractivity contribution in [1.29, 1.82) is 0 Å². The van der Waals surface area contributed by atoms with E-state index in [9.17, 15) is 13.2 Å². The van der Waals surface area contributed by atoms with Crippen LogP contribution in [0.25, 0.3) is 10.6 Å². The maximum atomic E-state index is 12.9. The summed E-state index contributed by atoms with van der Waals surface area (Å²) in [5.74, 6) is 0.432. The van der Waals surface area contributed by atoms with E-state index in [2.05, 4.69) is 36.5 Å². The number of carbonyl (C=O) groups is 1. The number of nitrogens with zero attached hydrogens (tertiary/aromatic N) is 4. The fourth-order valence-electron chi connectivity index (χ4n) is 3.47. The highest BCUT2D eigenvalue weighted by Gasteiger charge is 2.28. The SMILES string of the molecule is O=C1NCCN1CCNc1ncc(Br)c(-c2ccc(S(=O)(=O)N3CCCCC3)s2)n1. The molecule has 2 fully saturated rings. The number of thiophene rings is 1. The van der Waals surface area contributed by atoms with E-state index in [1.807, 2.05) is 0 Å². The average Bonchev–Trinajstić information content (AvgIpc) is 3.40. The number of hydrogen-bond donors (Lipinski definition) is 2. The quantitative estimate of drug-likeness (QED) is 0.587. The molecular formula is C18H23BrN6O3S2.